The fraction of sp³-hybridized carbons (Fsp3) is 0.154. The van der Waals surface area contributed by atoms with Crippen LogP contribution in [-0.2, 0) is 17.5 Å². The number of rotatable bonds is 8. The van der Waals surface area contributed by atoms with Gasteiger partial charge in [-0.05, 0) is 90.2 Å². The van der Waals surface area contributed by atoms with Crippen molar-refractivity contribution >= 4 is 22.8 Å². The lowest BCUT2D eigenvalue weighted by atomic mass is 10.0. The Balaban J connectivity index is 1.13. The van der Waals surface area contributed by atoms with E-state index in [1.165, 1.54) is 16.7 Å². The molecule has 0 radical (unpaired) electrons. The minimum absolute atomic E-state index is 0.121. The van der Waals surface area contributed by atoms with Gasteiger partial charge in [0, 0.05) is 5.56 Å². The van der Waals surface area contributed by atoms with Crippen molar-refractivity contribution in [2.24, 2.45) is 0 Å². The zero-order chi connectivity index (χ0) is 34.0. The predicted molar refractivity (Wildman–Crippen MR) is 181 cm³/mol. The summed E-state index contributed by atoms with van der Waals surface area (Å²) in [6, 6.07) is 35.7. The molecule has 0 saturated carbocycles. The Morgan fingerprint density at radius 1 is 0.816 bits per heavy atom. The van der Waals surface area contributed by atoms with Crippen molar-refractivity contribution in [1.82, 2.24) is 9.55 Å². The molecule has 1 fully saturated rings. The summed E-state index contributed by atoms with van der Waals surface area (Å²) in [5.41, 5.74) is 2.54. The van der Waals surface area contributed by atoms with E-state index in [0.717, 1.165) is 28.8 Å². The molecule has 7 nitrogen and oxygen atoms in total. The number of carbonyl (C=O) groups excluding carboxylic acids is 1. The number of amides is 1. The van der Waals surface area contributed by atoms with Crippen molar-refractivity contribution in [3.63, 3.8) is 0 Å². The van der Waals surface area contributed by atoms with E-state index in [1.807, 2.05) is 54.6 Å². The quantitative estimate of drug-likeness (QED) is 0.176. The van der Waals surface area contributed by atoms with Gasteiger partial charge < -0.3 is 9.47 Å². The van der Waals surface area contributed by atoms with Crippen LogP contribution < -0.4 is 15.6 Å². The van der Waals surface area contributed by atoms with Crippen LogP contribution in [-0.4, -0.2) is 21.6 Å². The highest BCUT2D eigenvalue weighted by Gasteiger charge is 2.31. The molecule has 1 aromatic heterocycles. The number of aromatic nitrogens is 2. The van der Waals surface area contributed by atoms with Gasteiger partial charge in [0.25, 0.3) is 11.5 Å². The number of anilines is 1. The van der Waals surface area contributed by atoms with Crippen LogP contribution in [0.15, 0.2) is 132 Å². The Kier molecular flexibility index (Phi) is 8.71. The van der Waals surface area contributed by atoms with Gasteiger partial charge in [0.15, 0.2) is 0 Å². The van der Waals surface area contributed by atoms with Gasteiger partial charge in [0.05, 0.1) is 35.2 Å². The Bertz CT molecular complexity index is 2170. The first-order chi connectivity index (χ1) is 23.7. The average molecular weight is 662 g/mol. The standard InChI is InChI=1S/C39H30F3N3O4/c40-39(41,42)29-15-17-30(18-16-29)48-31-13-7-12-28(22-31)35-21-19-32(49-35)24-45-37(47)33-20-14-27(25-8-3-1-4-9-25)23-34(33)43-38(45)44-36(46)26-10-5-2-6-11-26/h1-18,20,22-23,32,35H,19,21,24H2,(H,43,44,46). The van der Waals surface area contributed by atoms with Gasteiger partial charge in [-0.3, -0.25) is 19.5 Å². The fourth-order valence-electron chi connectivity index (χ4n) is 5.97. The number of carbonyl (C=O) groups is 1. The van der Waals surface area contributed by atoms with Crippen LogP contribution in [0.3, 0.4) is 0 Å². The SMILES string of the molecule is O=C(Nc1nc2cc(-c3ccccc3)ccc2c(=O)n1CC1CCC(c2cccc(Oc3ccc(C(F)(F)F)cc3)c2)O1)c1ccccc1. The molecule has 5 aromatic carbocycles. The minimum atomic E-state index is -4.43. The third-order valence-corrected chi connectivity index (χ3v) is 8.46. The molecule has 2 heterocycles. The molecule has 1 saturated heterocycles. The summed E-state index contributed by atoms with van der Waals surface area (Å²) in [4.78, 5) is 32.0. The van der Waals surface area contributed by atoms with Gasteiger partial charge in [-0.15, -0.1) is 0 Å². The average Bonchev–Trinajstić information content (AvgIpc) is 3.59. The Labute approximate surface area is 279 Å². The molecule has 0 bridgehead atoms. The van der Waals surface area contributed by atoms with Gasteiger partial charge in [-0.1, -0.05) is 66.7 Å². The van der Waals surface area contributed by atoms with Crippen LogP contribution >= 0.6 is 0 Å². The lowest BCUT2D eigenvalue weighted by Gasteiger charge is -2.19. The number of ether oxygens (including phenoxy) is 2. The van der Waals surface area contributed by atoms with Crippen LogP contribution in [0.2, 0.25) is 0 Å². The summed E-state index contributed by atoms with van der Waals surface area (Å²) in [5.74, 6) is 0.463. The van der Waals surface area contributed by atoms with Gasteiger partial charge in [0.2, 0.25) is 5.95 Å². The van der Waals surface area contributed by atoms with Crippen LogP contribution in [0.5, 0.6) is 11.5 Å². The molecule has 1 N–H and O–H groups in total. The fourth-order valence-corrected chi connectivity index (χ4v) is 5.97. The molecule has 49 heavy (non-hydrogen) atoms. The summed E-state index contributed by atoms with van der Waals surface area (Å²) in [6.07, 6.45) is -3.80. The Morgan fingerprint density at radius 2 is 1.55 bits per heavy atom. The van der Waals surface area contributed by atoms with E-state index in [0.29, 0.717) is 35.1 Å². The second kappa shape index (κ2) is 13.4. The second-order valence-corrected chi connectivity index (χ2v) is 11.8. The smallest absolute Gasteiger partial charge is 0.416 e. The number of halogens is 3. The molecule has 1 aliphatic heterocycles. The zero-order valence-corrected chi connectivity index (χ0v) is 26.1. The molecule has 2 unspecified atom stereocenters. The van der Waals surface area contributed by atoms with Gasteiger partial charge >= 0.3 is 6.18 Å². The van der Waals surface area contributed by atoms with Crippen LogP contribution in [0.4, 0.5) is 19.1 Å². The molecule has 0 aliphatic carbocycles. The molecule has 7 rings (SSSR count). The highest BCUT2D eigenvalue weighted by atomic mass is 19.4. The molecular weight excluding hydrogens is 631 g/mol. The van der Waals surface area contributed by atoms with Crippen LogP contribution in [0.25, 0.3) is 22.0 Å². The minimum Gasteiger partial charge on any atom is -0.457 e. The third kappa shape index (κ3) is 7.09. The first kappa shape index (κ1) is 31.8. The van der Waals surface area contributed by atoms with E-state index in [9.17, 15) is 22.8 Å². The first-order valence-corrected chi connectivity index (χ1v) is 15.8. The summed E-state index contributed by atoms with van der Waals surface area (Å²) < 4.78 is 52.6. The maximum atomic E-state index is 14.0. The van der Waals surface area contributed by atoms with E-state index in [2.05, 4.69) is 5.32 Å². The summed E-state index contributed by atoms with van der Waals surface area (Å²) in [7, 11) is 0. The number of nitrogens with zero attached hydrogens (tertiary/aromatic N) is 2. The maximum Gasteiger partial charge on any atom is 0.416 e. The van der Waals surface area contributed by atoms with E-state index in [4.69, 9.17) is 14.5 Å². The number of benzene rings is 5. The van der Waals surface area contributed by atoms with Crippen molar-refractivity contribution in [2.45, 2.75) is 37.8 Å². The highest BCUT2D eigenvalue weighted by molar-refractivity contribution is 6.03. The predicted octanol–water partition coefficient (Wildman–Crippen LogP) is 9.05. The zero-order valence-electron chi connectivity index (χ0n) is 26.1. The van der Waals surface area contributed by atoms with Crippen molar-refractivity contribution in [3.05, 3.63) is 154 Å². The monoisotopic (exact) mass is 661 g/mol. The van der Waals surface area contributed by atoms with Crippen molar-refractivity contribution in [3.8, 4) is 22.6 Å². The molecule has 10 heteroatoms. The summed E-state index contributed by atoms with van der Waals surface area (Å²) >= 11 is 0. The number of fused-ring (bicyclic) bond motifs is 1. The van der Waals surface area contributed by atoms with E-state index in [-0.39, 0.29) is 36.0 Å². The molecule has 1 aliphatic rings. The van der Waals surface area contributed by atoms with Crippen LogP contribution in [0.1, 0.15) is 40.4 Å². The lowest BCUT2D eigenvalue weighted by Crippen LogP contribution is -2.31. The van der Waals surface area contributed by atoms with Gasteiger partial charge in [0.1, 0.15) is 11.5 Å². The topological polar surface area (TPSA) is 82.5 Å². The molecule has 0 spiro atoms. The molecule has 2 atom stereocenters. The highest BCUT2D eigenvalue weighted by Crippen LogP contribution is 2.36. The second-order valence-electron chi connectivity index (χ2n) is 11.8. The molecule has 6 aromatic rings. The summed E-state index contributed by atoms with van der Waals surface area (Å²) in [5, 5.41) is 3.27. The molecule has 1 amide bonds. The maximum absolute atomic E-state index is 14.0. The first-order valence-electron chi connectivity index (χ1n) is 15.8. The largest absolute Gasteiger partial charge is 0.457 e. The van der Waals surface area contributed by atoms with Crippen molar-refractivity contribution < 1.29 is 27.4 Å². The lowest BCUT2D eigenvalue weighted by molar-refractivity contribution is -0.137. The molecular formula is C39H30F3N3O4. The molecule has 246 valence electrons. The number of hydrogen-bond donors (Lipinski definition) is 1. The van der Waals surface area contributed by atoms with Gasteiger partial charge in [-0.2, -0.15) is 13.2 Å². The number of nitrogens with one attached hydrogen (secondary N) is 1. The van der Waals surface area contributed by atoms with Crippen LogP contribution in [0, 0.1) is 0 Å². The Hall–Kier alpha value is -5.74. The van der Waals surface area contributed by atoms with Crippen molar-refractivity contribution in [1.29, 1.82) is 0 Å². The van der Waals surface area contributed by atoms with Crippen molar-refractivity contribution in [2.75, 3.05) is 5.32 Å². The summed E-state index contributed by atoms with van der Waals surface area (Å²) in [6.45, 7) is 0.158. The Morgan fingerprint density at radius 3 is 2.29 bits per heavy atom. The van der Waals surface area contributed by atoms with E-state index >= 15 is 0 Å². The van der Waals surface area contributed by atoms with E-state index < -0.39 is 17.6 Å². The third-order valence-electron chi connectivity index (χ3n) is 8.46. The normalized spacial score (nSPS) is 16.1. The van der Waals surface area contributed by atoms with Gasteiger partial charge in [-0.25, -0.2) is 4.98 Å². The number of hydrogen-bond acceptors (Lipinski definition) is 5. The number of alkyl halides is 3. The van der Waals surface area contributed by atoms with E-state index in [1.54, 1.807) is 48.5 Å².